The van der Waals surface area contributed by atoms with Gasteiger partial charge >= 0.3 is 0 Å². The fourth-order valence-electron chi connectivity index (χ4n) is 2.18. The molecule has 1 aliphatic rings. The van der Waals surface area contributed by atoms with Crippen LogP contribution in [0.1, 0.15) is 6.92 Å². The number of halogens is 2. The van der Waals surface area contributed by atoms with Crippen molar-refractivity contribution >= 4 is 27.3 Å². The first-order chi connectivity index (χ1) is 9.75. The Labute approximate surface area is 127 Å². The number of benzene rings is 1. The molecule has 0 spiro atoms. The van der Waals surface area contributed by atoms with Gasteiger partial charge in [0.25, 0.3) is 0 Å². The van der Waals surface area contributed by atoms with Gasteiger partial charge in [-0.15, -0.1) is 0 Å². The molecule has 0 aliphatic carbocycles. The van der Waals surface area contributed by atoms with Gasteiger partial charge in [-0.25, -0.2) is 12.8 Å². The van der Waals surface area contributed by atoms with Crippen LogP contribution in [0.5, 0.6) is 0 Å². The summed E-state index contributed by atoms with van der Waals surface area (Å²) in [5.74, 6) is -0.775. The highest BCUT2D eigenvalue weighted by Crippen LogP contribution is 2.30. The number of sulfonamides is 1. The van der Waals surface area contributed by atoms with Crippen LogP contribution >= 0.6 is 11.6 Å². The van der Waals surface area contributed by atoms with Crippen molar-refractivity contribution in [2.45, 2.75) is 24.0 Å². The van der Waals surface area contributed by atoms with Crippen LogP contribution in [0.2, 0.25) is 5.02 Å². The highest BCUT2D eigenvalue weighted by Gasteiger charge is 2.35. The van der Waals surface area contributed by atoms with E-state index < -0.39 is 21.9 Å². The van der Waals surface area contributed by atoms with Crippen LogP contribution < -0.4 is 5.73 Å². The van der Waals surface area contributed by atoms with E-state index >= 15 is 0 Å². The fourth-order valence-corrected chi connectivity index (χ4v) is 4.25. The Morgan fingerprint density at radius 1 is 1.52 bits per heavy atom. The van der Waals surface area contributed by atoms with E-state index in [1.807, 2.05) is 0 Å². The van der Waals surface area contributed by atoms with Gasteiger partial charge in [0.05, 0.1) is 29.5 Å². The molecular formula is C12H16ClFN2O4S. The standard InChI is InChI=1S/C12H16ClFN2O4S/c1-7-4-16(5-8(6-17)20-7)21(18,19)12-3-11(15)10(14)2-9(12)13/h2-3,7-8,17H,4-6,15H2,1H3. The molecular weight excluding hydrogens is 323 g/mol. The van der Waals surface area contributed by atoms with Gasteiger partial charge in [0.2, 0.25) is 10.0 Å². The molecule has 1 saturated heterocycles. The third-order valence-corrected chi connectivity index (χ3v) is 5.46. The number of hydrogen-bond donors (Lipinski definition) is 2. The van der Waals surface area contributed by atoms with Crippen LogP contribution in [0.4, 0.5) is 10.1 Å². The van der Waals surface area contributed by atoms with Gasteiger partial charge in [-0.05, 0) is 19.1 Å². The molecule has 0 bridgehead atoms. The summed E-state index contributed by atoms with van der Waals surface area (Å²) in [6, 6.07) is 1.87. The minimum atomic E-state index is -3.94. The number of nitrogen functional groups attached to an aromatic ring is 1. The number of aliphatic hydroxyl groups excluding tert-OH is 1. The molecule has 6 nitrogen and oxygen atoms in total. The molecule has 9 heteroatoms. The quantitative estimate of drug-likeness (QED) is 0.796. The van der Waals surface area contributed by atoms with Gasteiger partial charge in [0.15, 0.2) is 0 Å². The van der Waals surface area contributed by atoms with E-state index in [2.05, 4.69) is 0 Å². The summed E-state index contributed by atoms with van der Waals surface area (Å²) < 4.78 is 45.1. The molecule has 2 rings (SSSR count). The van der Waals surface area contributed by atoms with E-state index in [1.54, 1.807) is 6.92 Å². The first kappa shape index (κ1) is 16.4. The normalized spacial score (nSPS) is 24.2. The van der Waals surface area contributed by atoms with E-state index in [4.69, 9.17) is 27.2 Å². The van der Waals surface area contributed by atoms with Gasteiger partial charge in [-0.3, -0.25) is 0 Å². The van der Waals surface area contributed by atoms with Gasteiger partial charge in [0, 0.05) is 13.1 Å². The number of rotatable bonds is 3. The zero-order chi connectivity index (χ0) is 15.8. The third kappa shape index (κ3) is 3.29. The zero-order valence-electron chi connectivity index (χ0n) is 11.3. The minimum absolute atomic E-state index is 0.00319. The lowest BCUT2D eigenvalue weighted by molar-refractivity contribution is -0.0750. The monoisotopic (exact) mass is 338 g/mol. The van der Waals surface area contributed by atoms with E-state index in [9.17, 15) is 12.8 Å². The fraction of sp³-hybridized carbons (Fsp3) is 0.500. The molecule has 21 heavy (non-hydrogen) atoms. The molecule has 0 saturated carbocycles. The summed E-state index contributed by atoms with van der Waals surface area (Å²) in [5, 5.41) is 8.92. The second-order valence-corrected chi connectivity index (χ2v) is 7.19. The van der Waals surface area contributed by atoms with Crippen molar-refractivity contribution < 1.29 is 22.7 Å². The van der Waals surface area contributed by atoms with Crippen LogP contribution in [0.25, 0.3) is 0 Å². The van der Waals surface area contributed by atoms with E-state index in [0.29, 0.717) is 0 Å². The Balaban J connectivity index is 2.40. The number of nitrogens with zero attached hydrogens (tertiary/aromatic N) is 1. The van der Waals surface area contributed by atoms with Crippen molar-refractivity contribution in [1.82, 2.24) is 4.31 Å². The third-order valence-electron chi connectivity index (χ3n) is 3.17. The molecule has 2 unspecified atom stereocenters. The summed E-state index contributed by atoms with van der Waals surface area (Å²) in [6.45, 7) is 1.52. The van der Waals surface area contributed by atoms with Gasteiger partial charge in [0.1, 0.15) is 10.7 Å². The lowest BCUT2D eigenvalue weighted by Crippen LogP contribution is -2.50. The zero-order valence-corrected chi connectivity index (χ0v) is 12.9. The smallest absolute Gasteiger partial charge is 0.244 e. The number of hydrogen-bond acceptors (Lipinski definition) is 5. The van der Waals surface area contributed by atoms with E-state index in [1.165, 1.54) is 0 Å². The minimum Gasteiger partial charge on any atom is -0.396 e. The summed E-state index contributed by atoms with van der Waals surface area (Å²) >= 11 is 5.83. The molecule has 1 heterocycles. The average molecular weight is 339 g/mol. The second-order valence-electron chi connectivity index (χ2n) is 4.88. The maximum Gasteiger partial charge on any atom is 0.244 e. The van der Waals surface area contributed by atoms with Crippen LogP contribution in [0, 0.1) is 5.82 Å². The Bertz CT molecular complexity index is 640. The Morgan fingerprint density at radius 3 is 2.81 bits per heavy atom. The Kier molecular flexibility index (Phi) is 4.74. The van der Waals surface area contributed by atoms with Crippen LogP contribution in [0.15, 0.2) is 17.0 Å². The summed E-state index contributed by atoms with van der Waals surface area (Å²) in [5.41, 5.74) is 5.12. The maximum absolute atomic E-state index is 13.3. The van der Waals surface area contributed by atoms with Crippen molar-refractivity contribution in [3.05, 3.63) is 23.0 Å². The lowest BCUT2D eigenvalue weighted by Gasteiger charge is -2.35. The summed E-state index contributed by atoms with van der Waals surface area (Å²) in [6.07, 6.45) is -0.984. The van der Waals surface area contributed by atoms with Crippen LogP contribution in [0.3, 0.4) is 0 Å². The van der Waals surface area contributed by atoms with Crippen molar-refractivity contribution in [3.8, 4) is 0 Å². The highest BCUT2D eigenvalue weighted by atomic mass is 35.5. The first-order valence-electron chi connectivity index (χ1n) is 6.26. The maximum atomic E-state index is 13.3. The van der Waals surface area contributed by atoms with Crippen molar-refractivity contribution in [1.29, 1.82) is 0 Å². The Hall–Kier alpha value is -0.930. The summed E-state index contributed by atoms with van der Waals surface area (Å²) in [7, 11) is -3.94. The number of nitrogens with two attached hydrogens (primary N) is 1. The number of anilines is 1. The van der Waals surface area contributed by atoms with Gasteiger partial charge < -0.3 is 15.6 Å². The van der Waals surface area contributed by atoms with Crippen molar-refractivity contribution in [2.75, 3.05) is 25.4 Å². The van der Waals surface area contributed by atoms with Crippen molar-refractivity contribution in [3.63, 3.8) is 0 Å². The van der Waals surface area contributed by atoms with E-state index in [0.717, 1.165) is 16.4 Å². The SMILES string of the molecule is CC1CN(S(=O)(=O)c2cc(N)c(F)cc2Cl)CC(CO)O1. The number of aliphatic hydroxyl groups is 1. The number of morpholine rings is 1. The molecule has 118 valence electrons. The Morgan fingerprint density at radius 2 is 2.19 bits per heavy atom. The predicted molar refractivity (Wildman–Crippen MR) is 76.0 cm³/mol. The van der Waals surface area contributed by atoms with Crippen LogP contribution in [-0.2, 0) is 14.8 Å². The molecule has 1 aromatic carbocycles. The molecule has 1 aromatic rings. The topological polar surface area (TPSA) is 92.9 Å². The average Bonchev–Trinajstić information content (AvgIpc) is 2.41. The molecule has 3 N–H and O–H groups in total. The summed E-state index contributed by atoms with van der Waals surface area (Å²) in [4.78, 5) is -0.256. The highest BCUT2D eigenvalue weighted by molar-refractivity contribution is 7.89. The van der Waals surface area contributed by atoms with E-state index in [-0.39, 0.29) is 41.4 Å². The molecule has 0 aromatic heterocycles. The second kappa shape index (κ2) is 6.05. The molecule has 0 radical (unpaired) electrons. The first-order valence-corrected chi connectivity index (χ1v) is 8.08. The van der Waals surface area contributed by atoms with Crippen LogP contribution in [-0.4, -0.2) is 49.7 Å². The lowest BCUT2D eigenvalue weighted by atomic mass is 10.2. The molecule has 0 amide bonds. The number of ether oxygens (including phenoxy) is 1. The largest absolute Gasteiger partial charge is 0.396 e. The molecule has 1 aliphatic heterocycles. The van der Waals surface area contributed by atoms with Gasteiger partial charge in [-0.1, -0.05) is 11.6 Å². The predicted octanol–water partition coefficient (Wildman–Crippen LogP) is 0.832. The molecule has 1 fully saturated rings. The molecule has 2 atom stereocenters. The van der Waals surface area contributed by atoms with Gasteiger partial charge in [-0.2, -0.15) is 4.31 Å². The van der Waals surface area contributed by atoms with Crippen molar-refractivity contribution in [2.24, 2.45) is 0 Å².